The third-order valence-corrected chi connectivity index (χ3v) is 5.65. The lowest BCUT2D eigenvalue weighted by Crippen LogP contribution is -2.32. The van der Waals surface area contributed by atoms with Crippen LogP contribution in [0.3, 0.4) is 0 Å². The molecule has 0 spiro atoms. The van der Waals surface area contributed by atoms with Crippen molar-refractivity contribution in [2.45, 2.75) is 18.9 Å². The average Bonchev–Trinajstić information content (AvgIpc) is 3.10. The summed E-state index contributed by atoms with van der Waals surface area (Å²) >= 11 is 15.0. The monoisotopic (exact) mass is 497 g/mol. The first kappa shape index (κ1) is 21.8. The van der Waals surface area contributed by atoms with Crippen molar-refractivity contribution in [2.75, 3.05) is 17.3 Å². The van der Waals surface area contributed by atoms with Crippen molar-refractivity contribution in [3.8, 4) is 0 Å². The van der Waals surface area contributed by atoms with Gasteiger partial charge in [-0.25, -0.2) is 0 Å². The Morgan fingerprint density at radius 2 is 1.79 bits per heavy atom. The SMILES string of the molecule is O=C(O[C@@H](CCCl)C(=O)c1ccc(Cl)cc1)[C@@H]1CC(=O)N(c2ccc(Br)cc2)C1. The largest absolute Gasteiger partial charge is 0.454 e. The summed E-state index contributed by atoms with van der Waals surface area (Å²) in [5.41, 5.74) is 1.10. The van der Waals surface area contributed by atoms with E-state index in [4.69, 9.17) is 27.9 Å². The van der Waals surface area contributed by atoms with Crippen LogP contribution in [-0.4, -0.2) is 36.2 Å². The van der Waals surface area contributed by atoms with Gasteiger partial charge in [0.2, 0.25) is 11.7 Å². The highest BCUT2D eigenvalue weighted by Gasteiger charge is 2.38. The molecule has 29 heavy (non-hydrogen) atoms. The summed E-state index contributed by atoms with van der Waals surface area (Å²) in [6, 6.07) is 13.6. The second-order valence-corrected chi connectivity index (χ2v) is 8.39. The topological polar surface area (TPSA) is 63.7 Å². The molecule has 1 aliphatic rings. The second kappa shape index (κ2) is 9.74. The van der Waals surface area contributed by atoms with E-state index in [-0.39, 0.29) is 37.0 Å². The van der Waals surface area contributed by atoms with Gasteiger partial charge >= 0.3 is 5.97 Å². The number of ether oxygens (including phenoxy) is 1. The fraction of sp³-hybridized carbons (Fsp3) is 0.286. The summed E-state index contributed by atoms with van der Waals surface area (Å²) in [7, 11) is 0. The number of esters is 1. The zero-order chi connectivity index (χ0) is 21.0. The third kappa shape index (κ3) is 5.38. The molecule has 0 aromatic heterocycles. The molecule has 1 heterocycles. The van der Waals surface area contributed by atoms with Gasteiger partial charge in [-0.05, 0) is 48.5 Å². The summed E-state index contributed by atoms with van der Waals surface area (Å²) in [5, 5.41) is 0.505. The van der Waals surface area contributed by atoms with Crippen molar-refractivity contribution in [3.05, 3.63) is 63.6 Å². The minimum absolute atomic E-state index is 0.0393. The highest BCUT2D eigenvalue weighted by molar-refractivity contribution is 9.10. The van der Waals surface area contributed by atoms with Gasteiger partial charge in [0, 0.05) is 46.0 Å². The Bertz CT molecular complexity index is 902. The molecule has 2 aromatic carbocycles. The van der Waals surface area contributed by atoms with Crippen LogP contribution in [0.25, 0.3) is 0 Å². The summed E-state index contributed by atoms with van der Waals surface area (Å²) in [4.78, 5) is 39.3. The summed E-state index contributed by atoms with van der Waals surface area (Å²) in [6.07, 6.45) is -0.776. The van der Waals surface area contributed by atoms with Crippen molar-refractivity contribution in [2.24, 2.45) is 5.92 Å². The predicted molar refractivity (Wildman–Crippen MR) is 116 cm³/mol. The number of amides is 1. The minimum Gasteiger partial charge on any atom is -0.454 e. The summed E-state index contributed by atoms with van der Waals surface area (Å²) in [5.74, 6) is -1.55. The smallest absolute Gasteiger partial charge is 0.312 e. The standard InChI is InChI=1S/C21H18BrCl2NO4/c22-15-3-7-17(8-4-15)25-12-14(11-19(25)26)21(28)29-18(9-10-23)20(27)13-1-5-16(24)6-2-13/h1-8,14,18H,9-12H2/t14-,18+/m1/s1. The van der Waals surface area contributed by atoms with Gasteiger partial charge in [-0.1, -0.05) is 27.5 Å². The Kier molecular flexibility index (Phi) is 7.33. The van der Waals surface area contributed by atoms with E-state index in [0.717, 1.165) is 4.47 Å². The Morgan fingerprint density at radius 3 is 2.41 bits per heavy atom. The number of rotatable bonds is 7. The molecule has 0 radical (unpaired) electrons. The fourth-order valence-electron chi connectivity index (χ4n) is 3.12. The van der Waals surface area contributed by atoms with Crippen LogP contribution < -0.4 is 4.90 Å². The van der Waals surface area contributed by atoms with Gasteiger partial charge in [-0.3, -0.25) is 14.4 Å². The molecule has 2 atom stereocenters. The molecule has 1 amide bonds. The first-order chi connectivity index (χ1) is 13.9. The Morgan fingerprint density at radius 1 is 1.14 bits per heavy atom. The first-order valence-corrected chi connectivity index (χ1v) is 10.7. The molecular weight excluding hydrogens is 481 g/mol. The van der Waals surface area contributed by atoms with E-state index in [1.54, 1.807) is 41.3 Å². The third-order valence-electron chi connectivity index (χ3n) is 4.65. The van der Waals surface area contributed by atoms with Crippen LogP contribution in [0, 0.1) is 5.92 Å². The lowest BCUT2D eigenvalue weighted by Gasteiger charge is -2.19. The predicted octanol–water partition coefficient (Wildman–Crippen LogP) is 4.88. The van der Waals surface area contributed by atoms with Crippen molar-refractivity contribution in [3.63, 3.8) is 0 Å². The quantitative estimate of drug-likeness (QED) is 0.310. The maximum atomic E-state index is 12.7. The van der Waals surface area contributed by atoms with Crippen LogP contribution in [0.4, 0.5) is 5.69 Å². The number of carbonyl (C=O) groups is 3. The minimum atomic E-state index is -1.00. The van der Waals surface area contributed by atoms with Crippen LogP contribution in [0.15, 0.2) is 53.0 Å². The number of Topliss-reactive ketones (excluding diaryl/α,β-unsaturated/α-hetero) is 1. The number of carbonyl (C=O) groups excluding carboxylic acids is 3. The van der Waals surface area contributed by atoms with Gasteiger partial charge in [0.25, 0.3) is 0 Å². The molecule has 0 saturated carbocycles. The van der Waals surface area contributed by atoms with Gasteiger partial charge in [0.1, 0.15) is 0 Å². The molecule has 0 bridgehead atoms. The van der Waals surface area contributed by atoms with Crippen molar-refractivity contribution < 1.29 is 19.1 Å². The van der Waals surface area contributed by atoms with Crippen LogP contribution in [0.2, 0.25) is 5.02 Å². The number of alkyl halides is 1. The molecule has 3 rings (SSSR count). The number of hydrogen-bond acceptors (Lipinski definition) is 4. The lowest BCUT2D eigenvalue weighted by atomic mass is 10.0. The zero-order valence-electron chi connectivity index (χ0n) is 15.3. The molecule has 0 aliphatic carbocycles. The van der Waals surface area contributed by atoms with E-state index in [2.05, 4.69) is 15.9 Å². The number of benzene rings is 2. The maximum absolute atomic E-state index is 12.7. The number of ketones is 1. The van der Waals surface area contributed by atoms with Gasteiger partial charge in [0.05, 0.1) is 5.92 Å². The van der Waals surface area contributed by atoms with Crippen LogP contribution in [0.5, 0.6) is 0 Å². The summed E-state index contributed by atoms with van der Waals surface area (Å²) in [6.45, 7) is 0.210. The lowest BCUT2D eigenvalue weighted by molar-refractivity contribution is -0.151. The van der Waals surface area contributed by atoms with Gasteiger partial charge in [-0.2, -0.15) is 0 Å². The number of hydrogen-bond donors (Lipinski definition) is 0. The Labute approximate surface area is 187 Å². The van der Waals surface area contributed by atoms with Gasteiger partial charge < -0.3 is 9.64 Å². The van der Waals surface area contributed by atoms with Crippen molar-refractivity contribution >= 4 is 62.5 Å². The van der Waals surface area contributed by atoms with E-state index in [1.807, 2.05) is 12.1 Å². The molecule has 2 aromatic rings. The molecule has 152 valence electrons. The first-order valence-electron chi connectivity index (χ1n) is 9.01. The zero-order valence-corrected chi connectivity index (χ0v) is 18.4. The van der Waals surface area contributed by atoms with Gasteiger partial charge in [0.15, 0.2) is 6.10 Å². The van der Waals surface area contributed by atoms with E-state index in [0.29, 0.717) is 16.3 Å². The van der Waals surface area contributed by atoms with Crippen molar-refractivity contribution in [1.82, 2.24) is 0 Å². The Balaban J connectivity index is 1.68. The van der Waals surface area contributed by atoms with Crippen LogP contribution in [0.1, 0.15) is 23.2 Å². The number of halogens is 3. The maximum Gasteiger partial charge on any atom is 0.312 e. The average molecular weight is 499 g/mol. The van der Waals surface area contributed by atoms with Crippen molar-refractivity contribution in [1.29, 1.82) is 0 Å². The fourth-order valence-corrected chi connectivity index (χ4v) is 3.70. The van der Waals surface area contributed by atoms with Gasteiger partial charge in [-0.15, -0.1) is 11.6 Å². The highest BCUT2D eigenvalue weighted by Crippen LogP contribution is 2.28. The van der Waals surface area contributed by atoms with E-state index in [9.17, 15) is 14.4 Å². The normalized spacial score (nSPS) is 17.3. The molecule has 8 heteroatoms. The summed E-state index contributed by atoms with van der Waals surface area (Å²) < 4.78 is 6.38. The van der Waals surface area contributed by atoms with Crippen LogP contribution >= 0.6 is 39.1 Å². The van der Waals surface area contributed by atoms with Crippen LogP contribution in [-0.2, 0) is 14.3 Å². The molecule has 1 aliphatic heterocycles. The van der Waals surface area contributed by atoms with E-state index >= 15 is 0 Å². The Hall–Kier alpha value is -1.89. The number of nitrogens with zero attached hydrogens (tertiary/aromatic N) is 1. The van der Waals surface area contributed by atoms with E-state index in [1.165, 1.54) is 0 Å². The van der Waals surface area contributed by atoms with E-state index < -0.39 is 18.0 Å². The molecule has 1 fully saturated rings. The molecule has 0 N–H and O–H groups in total. The molecule has 1 saturated heterocycles. The molecule has 0 unspecified atom stereocenters. The molecule has 5 nitrogen and oxygen atoms in total. The number of anilines is 1. The highest BCUT2D eigenvalue weighted by atomic mass is 79.9. The molecular formula is C21H18BrCl2NO4. The second-order valence-electron chi connectivity index (χ2n) is 6.66.